The van der Waals surface area contributed by atoms with Crippen LogP contribution < -0.4 is 0 Å². The molecule has 0 saturated carbocycles. The predicted molar refractivity (Wildman–Crippen MR) is 103 cm³/mol. The first-order chi connectivity index (χ1) is 11.1. The van der Waals surface area contributed by atoms with Gasteiger partial charge in [0.1, 0.15) is 4.32 Å². The Balaban J connectivity index is 1.63. The Morgan fingerprint density at radius 2 is 1.39 bits per heavy atom. The highest BCUT2D eigenvalue weighted by Gasteiger charge is 2.21. The molecule has 0 N–H and O–H groups in total. The second kappa shape index (κ2) is 7.47. The van der Waals surface area contributed by atoms with E-state index in [1.54, 1.807) is 11.8 Å². The van der Waals surface area contributed by atoms with Crippen molar-refractivity contribution >= 4 is 28.3 Å². The highest BCUT2D eigenvalue weighted by molar-refractivity contribution is 8.22. The average molecular weight is 343 g/mol. The van der Waals surface area contributed by atoms with Gasteiger partial charge in [0, 0.05) is 13.1 Å². The molecule has 0 aromatic heterocycles. The van der Waals surface area contributed by atoms with Gasteiger partial charge in [-0.3, -0.25) is 4.90 Å². The average Bonchev–Trinajstić information content (AvgIpc) is 2.55. The van der Waals surface area contributed by atoms with Crippen LogP contribution in [0.5, 0.6) is 0 Å². The fraction of sp³-hybridized carbons (Fsp3) is 0.316. The van der Waals surface area contributed by atoms with E-state index in [9.17, 15) is 0 Å². The van der Waals surface area contributed by atoms with E-state index in [1.165, 1.54) is 22.3 Å². The van der Waals surface area contributed by atoms with Gasteiger partial charge < -0.3 is 4.90 Å². The van der Waals surface area contributed by atoms with E-state index in [4.69, 9.17) is 12.2 Å². The van der Waals surface area contributed by atoms with Crippen molar-refractivity contribution in [1.29, 1.82) is 0 Å². The topological polar surface area (TPSA) is 6.48 Å². The molecule has 1 aliphatic rings. The molecular formula is C19H22N2S2. The lowest BCUT2D eigenvalue weighted by molar-refractivity contribution is 0.201. The molecule has 0 spiro atoms. The van der Waals surface area contributed by atoms with Crippen molar-refractivity contribution in [3.05, 3.63) is 70.8 Å². The fourth-order valence-corrected chi connectivity index (χ4v) is 3.70. The summed E-state index contributed by atoms with van der Waals surface area (Å²) in [4.78, 5) is 4.74. The highest BCUT2D eigenvalue weighted by Crippen LogP contribution is 2.22. The highest BCUT2D eigenvalue weighted by atomic mass is 32.2. The SMILES string of the molecule is Cc1ccc(CN2CSC(=S)N(Cc3ccc(C)cc3)C2)cc1. The summed E-state index contributed by atoms with van der Waals surface area (Å²) >= 11 is 7.31. The van der Waals surface area contributed by atoms with Crippen molar-refractivity contribution in [2.75, 3.05) is 12.5 Å². The standard InChI is InChI=1S/C19H22N2S2/c1-15-3-7-17(8-4-15)11-20-13-21(19(22)23-14-20)12-18-9-5-16(2)6-10-18/h3-10H,11-14H2,1-2H3. The van der Waals surface area contributed by atoms with Gasteiger partial charge in [-0.1, -0.05) is 83.6 Å². The third kappa shape index (κ3) is 4.56. The quantitative estimate of drug-likeness (QED) is 0.752. The minimum absolute atomic E-state index is 0.885. The molecule has 2 aromatic rings. The zero-order valence-corrected chi connectivity index (χ0v) is 15.3. The van der Waals surface area contributed by atoms with Crippen LogP contribution in [-0.4, -0.2) is 26.7 Å². The van der Waals surface area contributed by atoms with E-state index in [-0.39, 0.29) is 0 Å². The molecule has 2 nitrogen and oxygen atoms in total. The Morgan fingerprint density at radius 1 is 0.870 bits per heavy atom. The van der Waals surface area contributed by atoms with E-state index < -0.39 is 0 Å². The van der Waals surface area contributed by atoms with Gasteiger partial charge in [-0.15, -0.1) is 0 Å². The smallest absolute Gasteiger partial charge is 0.138 e. The Hall–Kier alpha value is -1.36. The van der Waals surface area contributed by atoms with Crippen molar-refractivity contribution in [2.45, 2.75) is 26.9 Å². The number of nitrogens with zero attached hydrogens (tertiary/aromatic N) is 2. The van der Waals surface area contributed by atoms with Crippen LogP contribution in [0.3, 0.4) is 0 Å². The molecular weight excluding hydrogens is 320 g/mol. The second-order valence-corrected chi connectivity index (χ2v) is 7.76. The molecule has 23 heavy (non-hydrogen) atoms. The van der Waals surface area contributed by atoms with Gasteiger partial charge >= 0.3 is 0 Å². The zero-order chi connectivity index (χ0) is 16.2. The Morgan fingerprint density at radius 3 is 1.96 bits per heavy atom. The predicted octanol–water partition coefficient (Wildman–Crippen LogP) is 4.55. The van der Waals surface area contributed by atoms with Crippen LogP contribution in [0.15, 0.2) is 48.5 Å². The third-order valence-electron chi connectivity index (χ3n) is 4.02. The minimum atomic E-state index is 0.885. The van der Waals surface area contributed by atoms with Gasteiger partial charge in [0.15, 0.2) is 0 Å². The van der Waals surface area contributed by atoms with Crippen molar-refractivity contribution < 1.29 is 0 Å². The van der Waals surface area contributed by atoms with E-state index >= 15 is 0 Å². The Bertz CT molecular complexity index is 665. The summed E-state index contributed by atoms with van der Waals surface area (Å²) in [5, 5.41) is 0. The first-order valence-corrected chi connectivity index (χ1v) is 9.25. The van der Waals surface area contributed by atoms with E-state index in [2.05, 4.69) is 72.2 Å². The Labute approximate surface area is 148 Å². The van der Waals surface area contributed by atoms with Crippen molar-refractivity contribution in [2.24, 2.45) is 0 Å². The van der Waals surface area contributed by atoms with Crippen LogP contribution in [0.2, 0.25) is 0 Å². The zero-order valence-electron chi connectivity index (χ0n) is 13.7. The summed E-state index contributed by atoms with van der Waals surface area (Å²) in [5.41, 5.74) is 5.28. The van der Waals surface area contributed by atoms with Gasteiger partial charge in [0.05, 0.1) is 12.5 Å². The maximum Gasteiger partial charge on any atom is 0.138 e. The molecule has 0 radical (unpaired) electrons. The third-order valence-corrected chi connectivity index (χ3v) is 5.63. The molecule has 4 heteroatoms. The van der Waals surface area contributed by atoms with Crippen molar-refractivity contribution in [3.63, 3.8) is 0 Å². The lowest BCUT2D eigenvalue weighted by Crippen LogP contribution is -2.43. The van der Waals surface area contributed by atoms with Crippen LogP contribution in [-0.2, 0) is 13.1 Å². The van der Waals surface area contributed by atoms with Gasteiger partial charge in [-0.2, -0.15) is 0 Å². The number of rotatable bonds is 4. The summed E-state index contributed by atoms with van der Waals surface area (Å²) in [6.07, 6.45) is 0. The second-order valence-electron chi connectivity index (χ2n) is 6.18. The molecule has 0 unspecified atom stereocenters. The Kier molecular flexibility index (Phi) is 5.36. The molecule has 0 aliphatic carbocycles. The summed E-state index contributed by atoms with van der Waals surface area (Å²) in [6.45, 7) is 7.00. The minimum Gasteiger partial charge on any atom is -0.340 e. The maximum atomic E-state index is 5.55. The van der Waals surface area contributed by atoms with E-state index in [0.717, 1.165) is 30.0 Å². The number of thiocarbonyl (C=S) groups is 1. The first-order valence-electron chi connectivity index (χ1n) is 7.85. The summed E-state index contributed by atoms with van der Waals surface area (Å²) < 4.78 is 1.01. The fourth-order valence-electron chi connectivity index (χ4n) is 2.65. The molecule has 3 rings (SSSR count). The van der Waals surface area contributed by atoms with E-state index in [1.807, 2.05) is 0 Å². The summed E-state index contributed by atoms with van der Waals surface area (Å²) in [6, 6.07) is 17.5. The maximum absolute atomic E-state index is 5.55. The molecule has 1 fully saturated rings. The number of hydrogen-bond acceptors (Lipinski definition) is 3. The molecule has 1 aliphatic heterocycles. The molecule has 120 valence electrons. The molecule has 0 amide bonds. The molecule has 0 bridgehead atoms. The molecule has 2 aromatic carbocycles. The van der Waals surface area contributed by atoms with Crippen molar-refractivity contribution in [1.82, 2.24) is 9.80 Å². The van der Waals surface area contributed by atoms with Crippen LogP contribution in [0, 0.1) is 13.8 Å². The van der Waals surface area contributed by atoms with Crippen LogP contribution in [0.1, 0.15) is 22.3 Å². The number of thioether (sulfide) groups is 1. The van der Waals surface area contributed by atoms with Crippen molar-refractivity contribution in [3.8, 4) is 0 Å². The summed E-state index contributed by atoms with van der Waals surface area (Å²) in [7, 11) is 0. The van der Waals surface area contributed by atoms with Crippen LogP contribution >= 0.6 is 24.0 Å². The van der Waals surface area contributed by atoms with Gasteiger partial charge in [-0.25, -0.2) is 0 Å². The largest absolute Gasteiger partial charge is 0.340 e. The molecule has 1 saturated heterocycles. The van der Waals surface area contributed by atoms with Gasteiger partial charge in [0.25, 0.3) is 0 Å². The lowest BCUT2D eigenvalue weighted by atomic mass is 10.1. The summed E-state index contributed by atoms with van der Waals surface area (Å²) in [5.74, 6) is 0.969. The molecule has 1 heterocycles. The normalized spacial score (nSPS) is 15.9. The molecule has 0 atom stereocenters. The van der Waals surface area contributed by atoms with Gasteiger partial charge in [-0.05, 0) is 25.0 Å². The number of aryl methyl sites for hydroxylation is 2. The van der Waals surface area contributed by atoms with Crippen LogP contribution in [0.25, 0.3) is 0 Å². The van der Waals surface area contributed by atoms with Crippen LogP contribution in [0.4, 0.5) is 0 Å². The van der Waals surface area contributed by atoms with Gasteiger partial charge in [0.2, 0.25) is 0 Å². The first kappa shape index (κ1) is 16.5. The lowest BCUT2D eigenvalue weighted by Gasteiger charge is -2.36. The van der Waals surface area contributed by atoms with E-state index in [0.29, 0.717) is 0 Å². The monoisotopic (exact) mass is 342 g/mol. The number of hydrogen-bond donors (Lipinski definition) is 0. The number of benzene rings is 2.